The SMILES string of the molecule is O=S(=O)(N[C@@H]1[C@@H](O)CO[C@@H]1Cn1cc(CN2CCOCC2)nn1)c1ccsc1. The smallest absolute Gasteiger partial charge is 0.241 e. The van der Waals surface area contributed by atoms with Crippen molar-refractivity contribution in [3.63, 3.8) is 0 Å². The van der Waals surface area contributed by atoms with Gasteiger partial charge in [0.05, 0.1) is 55.2 Å². The van der Waals surface area contributed by atoms with E-state index in [1.54, 1.807) is 15.4 Å². The lowest BCUT2D eigenvalue weighted by Crippen LogP contribution is -2.47. The van der Waals surface area contributed by atoms with E-state index < -0.39 is 28.3 Å². The Morgan fingerprint density at radius 2 is 2.18 bits per heavy atom. The van der Waals surface area contributed by atoms with Gasteiger partial charge in [-0.15, -0.1) is 5.10 Å². The van der Waals surface area contributed by atoms with Crippen molar-refractivity contribution in [2.24, 2.45) is 0 Å². The molecule has 2 aliphatic heterocycles. The van der Waals surface area contributed by atoms with Crippen LogP contribution in [0.25, 0.3) is 0 Å². The molecule has 4 rings (SSSR count). The Morgan fingerprint density at radius 3 is 2.93 bits per heavy atom. The van der Waals surface area contributed by atoms with Crippen LogP contribution in [0.15, 0.2) is 27.9 Å². The average Bonchev–Trinajstić information content (AvgIpc) is 3.42. The number of ether oxygens (including phenoxy) is 2. The quantitative estimate of drug-likeness (QED) is 0.592. The maximum absolute atomic E-state index is 12.5. The number of aliphatic hydroxyl groups is 1. The molecule has 0 radical (unpaired) electrons. The Bertz CT molecular complexity index is 866. The van der Waals surface area contributed by atoms with E-state index in [2.05, 4.69) is 19.9 Å². The van der Waals surface area contributed by atoms with Crippen molar-refractivity contribution in [1.82, 2.24) is 24.6 Å². The second-order valence-electron chi connectivity index (χ2n) is 6.87. The number of aliphatic hydroxyl groups excluding tert-OH is 1. The van der Waals surface area contributed by atoms with Crippen LogP contribution in [0.5, 0.6) is 0 Å². The molecule has 0 bridgehead atoms. The largest absolute Gasteiger partial charge is 0.389 e. The summed E-state index contributed by atoms with van der Waals surface area (Å²) in [5.41, 5.74) is 0.829. The van der Waals surface area contributed by atoms with Crippen molar-refractivity contribution in [2.75, 3.05) is 32.9 Å². The fourth-order valence-electron chi connectivity index (χ4n) is 3.32. The van der Waals surface area contributed by atoms with E-state index in [0.29, 0.717) is 26.3 Å². The number of hydrogen-bond acceptors (Lipinski definition) is 9. The zero-order valence-electron chi connectivity index (χ0n) is 15.2. The molecule has 0 unspecified atom stereocenters. The molecular weight excluding hydrogens is 406 g/mol. The third-order valence-electron chi connectivity index (χ3n) is 4.84. The van der Waals surface area contributed by atoms with E-state index in [1.165, 1.54) is 17.4 Å². The van der Waals surface area contributed by atoms with Crippen LogP contribution in [0.3, 0.4) is 0 Å². The number of sulfonamides is 1. The molecule has 12 heteroatoms. The topological polar surface area (TPSA) is 119 Å². The molecular formula is C16H23N5O5S2. The number of aromatic nitrogens is 3. The summed E-state index contributed by atoms with van der Waals surface area (Å²) in [7, 11) is -3.72. The van der Waals surface area contributed by atoms with Gasteiger partial charge in [-0.3, -0.25) is 4.90 Å². The van der Waals surface area contributed by atoms with Gasteiger partial charge in [-0.25, -0.2) is 17.8 Å². The molecule has 2 saturated heterocycles. The van der Waals surface area contributed by atoms with Gasteiger partial charge in [0, 0.05) is 31.2 Å². The van der Waals surface area contributed by atoms with Crippen molar-refractivity contribution >= 4 is 21.4 Å². The van der Waals surface area contributed by atoms with Crippen LogP contribution < -0.4 is 4.72 Å². The van der Waals surface area contributed by atoms with Crippen molar-refractivity contribution in [2.45, 2.75) is 36.2 Å². The highest BCUT2D eigenvalue weighted by Gasteiger charge is 2.39. The summed E-state index contributed by atoms with van der Waals surface area (Å²) in [5.74, 6) is 0. The first-order valence-corrected chi connectivity index (χ1v) is 11.5. The summed E-state index contributed by atoms with van der Waals surface area (Å²) in [6.45, 7) is 4.20. The van der Waals surface area contributed by atoms with Crippen molar-refractivity contribution in [3.05, 3.63) is 28.7 Å². The normalized spacial score (nSPS) is 26.7. The minimum atomic E-state index is -3.72. The fraction of sp³-hybridized carbons (Fsp3) is 0.625. The number of morpholine rings is 1. The van der Waals surface area contributed by atoms with Crippen LogP contribution >= 0.6 is 11.3 Å². The van der Waals surface area contributed by atoms with Gasteiger partial charge in [-0.05, 0) is 11.4 Å². The number of nitrogens with one attached hydrogen (secondary N) is 1. The molecule has 2 N–H and O–H groups in total. The minimum absolute atomic E-state index is 0.0663. The second kappa shape index (κ2) is 8.53. The van der Waals surface area contributed by atoms with Gasteiger partial charge in [0.1, 0.15) is 0 Å². The summed E-state index contributed by atoms with van der Waals surface area (Å²) in [6.07, 6.45) is 0.365. The standard InChI is InChI=1S/C16H23N5O5S2/c22-14-10-26-15(16(14)18-28(23,24)13-1-6-27-11-13)9-21-8-12(17-19-21)7-20-2-4-25-5-3-20/h1,6,8,11,14-16,18,22H,2-5,7,9-10H2/t14-,15+,16+/m0/s1. The molecule has 2 aromatic rings. The van der Waals surface area contributed by atoms with E-state index in [0.717, 1.165) is 18.8 Å². The summed E-state index contributed by atoms with van der Waals surface area (Å²) in [6, 6.07) is 0.774. The second-order valence-corrected chi connectivity index (χ2v) is 9.36. The molecule has 0 aliphatic carbocycles. The molecule has 3 atom stereocenters. The number of rotatable bonds is 7. The summed E-state index contributed by atoms with van der Waals surface area (Å²) >= 11 is 1.30. The molecule has 0 saturated carbocycles. The van der Waals surface area contributed by atoms with Gasteiger partial charge in [-0.2, -0.15) is 11.3 Å². The first-order valence-electron chi connectivity index (χ1n) is 9.04. The maximum Gasteiger partial charge on any atom is 0.241 e. The summed E-state index contributed by atoms with van der Waals surface area (Å²) in [5, 5.41) is 21.8. The first kappa shape index (κ1) is 19.9. The lowest BCUT2D eigenvalue weighted by Gasteiger charge is -2.25. The molecule has 2 aromatic heterocycles. The van der Waals surface area contributed by atoms with E-state index in [4.69, 9.17) is 9.47 Å². The summed E-state index contributed by atoms with van der Waals surface area (Å²) < 4.78 is 40.1. The van der Waals surface area contributed by atoms with Gasteiger partial charge in [0.2, 0.25) is 10.0 Å². The predicted octanol–water partition coefficient (Wildman–Crippen LogP) is -0.721. The third kappa shape index (κ3) is 4.59. The first-order chi connectivity index (χ1) is 13.5. The summed E-state index contributed by atoms with van der Waals surface area (Å²) in [4.78, 5) is 2.43. The molecule has 2 aliphatic rings. The molecule has 28 heavy (non-hydrogen) atoms. The van der Waals surface area contributed by atoms with Gasteiger partial charge >= 0.3 is 0 Å². The van der Waals surface area contributed by atoms with E-state index in [1.807, 2.05) is 6.20 Å². The highest BCUT2D eigenvalue weighted by atomic mass is 32.2. The number of nitrogens with zero attached hydrogens (tertiary/aromatic N) is 4. The lowest BCUT2D eigenvalue weighted by molar-refractivity contribution is 0.0336. The highest BCUT2D eigenvalue weighted by Crippen LogP contribution is 2.20. The van der Waals surface area contributed by atoms with E-state index in [9.17, 15) is 13.5 Å². The highest BCUT2D eigenvalue weighted by molar-refractivity contribution is 7.89. The Kier molecular flexibility index (Phi) is 6.06. The lowest BCUT2D eigenvalue weighted by atomic mass is 10.1. The fourth-order valence-corrected chi connectivity index (χ4v) is 5.65. The van der Waals surface area contributed by atoms with Gasteiger partial charge < -0.3 is 14.6 Å². The Morgan fingerprint density at radius 1 is 1.36 bits per heavy atom. The Labute approximate surface area is 167 Å². The number of thiophene rings is 1. The molecule has 0 aromatic carbocycles. The predicted molar refractivity (Wildman–Crippen MR) is 100 cm³/mol. The van der Waals surface area contributed by atoms with Crippen molar-refractivity contribution in [3.8, 4) is 0 Å². The van der Waals surface area contributed by atoms with Crippen LogP contribution in [0.2, 0.25) is 0 Å². The Hall–Kier alpha value is -1.41. The zero-order chi connectivity index (χ0) is 19.6. The molecule has 10 nitrogen and oxygen atoms in total. The maximum atomic E-state index is 12.5. The zero-order valence-corrected chi connectivity index (χ0v) is 16.8. The third-order valence-corrected chi connectivity index (χ3v) is 7.12. The van der Waals surface area contributed by atoms with Crippen LogP contribution in [0.1, 0.15) is 5.69 Å². The van der Waals surface area contributed by atoms with Crippen LogP contribution in [-0.2, 0) is 32.6 Å². The van der Waals surface area contributed by atoms with E-state index >= 15 is 0 Å². The molecule has 0 amide bonds. The van der Waals surface area contributed by atoms with Gasteiger partial charge in [0.15, 0.2) is 0 Å². The van der Waals surface area contributed by atoms with Crippen LogP contribution in [0.4, 0.5) is 0 Å². The molecule has 154 valence electrons. The Balaban J connectivity index is 1.39. The van der Waals surface area contributed by atoms with Gasteiger partial charge in [-0.1, -0.05) is 5.21 Å². The molecule has 4 heterocycles. The number of hydrogen-bond donors (Lipinski definition) is 2. The van der Waals surface area contributed by atoms with E-state index in [-0.39, 0.29) is 11.5 Å². The van der Waals surface area contributed by atoms with Crippen LogP contribution in [-0.4, -0.2) is 84.6 Å². The average molecular weight is 430 g/mol. The van der Waals surface area contributed by atoms with Crippen LogP contribution in [0, 0.1) is 0 Å². The van der Waals surface area contributed by atoms with Crippen molar-refractivity contribution < 1.29 is 23.0 Å². The monoisotopic (exact) mass is 429 g/mol. The van der Waals surface area contributed by atoms with Gasteiger partial charge in [0.25, 0.3) is 0 Å². The molecule has 2 fully saturated rings. The molecule has 0 spiro atoms. The minimum Gasteiger partial charge on any atom is -0.389 e. The van der Waals surface area contributed by atoms with Crippen molar-refractivity contribution in [1.29, 1.82) is 0 Å².